The molecule has 15 heteroatoms. The Bertz CT molecular complexity index is 1670. The van der Waals surface area contributed by atoms with Crippen LogP contribution >= 0.6 is 11.3 Å². The maximum absolute atomic E-state index is 11.6. The Hall–Kier alpha value is -5.57. The zero-order chi connectivity index (χ0) is 32.7. The fraction of sp³-hybridized carbons (Fsp3) is 0.233. The highest BCUT2D eigenvalue weighted by Crippen LogP contribution is 2.42. The number of phenols is 1. The van der Waals surface area contributed by atoms with Crippen molar-refractivity contribution < 1.29 is 54.2 Å². The summed E-state index contributed by atoms with van der Waals surface area (Å²) in [6.45, 7) is -1.08. The molecule has 0 aliphatic heterocycles. The summed E-state index contributed by atoms with van der Waals surface area (Å²) in [6, 6.07) is 14.9. The van der Waals surface area contributed by atoms with Crippen LogP contribution in [0.2, 0.25) is 0 Å². The average Bonchev–Trinajstić information content (AvgIpc) is 3.38. The lowest BCUT2D eigenvalue weighted by atomic mass is 10.1. The Labute approximate surface area is 259 Å². The van der Waals surface area contributed by atoms with Crippen molar-refractivity contribution in [2.75, 3.05) is 49.2 Å². The first kappa shape index (κ1) is 32.3. The van der Waals surface area contributed by atoms with Crippen molar-refractivity contribution in [2.24, 2.45) is 0 Å². The Kier molecular flexibility index (Phi) is 10.3. The van der Waals surface area contributed by atoms with E-state index < -0.39 is 50.1 Å². The Morgan fingerprint density at radius 1 is 0.733 bits per heavy atom. The summed E-state index contributed by atoms with van der Waals surface area (Å²) in [5.41, 5.74) is 1.99. The molecule has 0 aliphatic rings. The van der Waals surface area contributed by atoms with Crippen LogP contribution in [0, 0.1) is 6.92 Å². The van der Waals surface area contributed by atoms with Gasteiger partial charge in [-0.25, -0.2) is 4.98 Å². The zero-order valence-corrected chi connectivity index (χ0v) is 24.7. The van der Waals surface area contributed by atoms with Gasteiger partial charge in [-0.1, -0.05) is 18.2 Å². The van der Waals surface area contributed by atoms with E-state index in [9.17, 15) is 44.7 Å². The number of aromatic hydroxyl groups is 1. The standard InChI is InChI=1S/C30H29N3O11S/c1-17-6-7-20(32(13-26(35)36)14-27(37)38)23(10-17)43-8-9-44-24-11-18(30-31-19-4-2-3-5-25(19)45-30)22(34)12-21(24)33(15-28(39)40)16-29(41)42/h2-7,10-12,34H,8-9,13-16H2,1H3,(H,35,36)(H,37,38)(H,39,40)(H,41,42). The summed E-state index contributed by atoms with van der Waals surface area (Å²) in [6.07, 6.45) is 0. The first-order chi connectivity index (χ1) is 21.4. The summed E-state index contributed by atoms with van der Waals surface area (Å²) in [5, 5.41) is 48.8. The van der Waals surface area contributed by atoms with Gasteiger partial charge >= 0.3 is 23.9 Å². The summed E-state index contributed by atoms with van der Waals surface area (Å²) >= 11 is 1.31. The third-order valence-electron chi connectivity index (χ3n) is 6.30. The van der Waals surface area contributed by atoms with E-state index in [0.29, 0.717) is 10.5 Å². The minimum Gasteiger partial charge on any atom is -0.507 e. The van der Waals surface area contributed by atoms with Crippen molar-refractivity contribution in [3.8, 4) is 27.8 Å². The second-order valence-electron chi connectivity index (χ2n) is 9.78. The number of phenolic OH excluding ortho intramolecular Hbond substituents is 1. The minimum absolute atomic E-state index is 0.00694. The predicted molar refractivity (Wildman–Crippen MR) is 164 cm³/mol. The van der Waals surface area contributed by atoms with Crippen LogP contribution in [0.1, 0.15) is 5.56 Å². The number of aryl methyl sites for hydroxylation is 1. The molecule has 0 fully saturated rings. The molecule has 4 aromatic rings. The van der Waals surface area contributed by atoms with Gasteiger partial charge in [0.25, 0.3) is 0 Å². The number of carboxylic acids is 4. The van der Waals surface area contributed by atoms with Gasteiger partial charge in [-0.2, -0.15) is 0 Å². The number of carbonyl (C=O) groups is 4. The molecule has 0 saturated carbocycles. The summed E-state index contributed by atoms with van der Waals surface area (Å²) in [7, 11) is 0. The Morgan fingerprint density at radius 3 is 1.82 bits per heavy atom. The number of rotatable bonds is 16. The first-order valence-electron chi connectivity index (χ1n) is 13.4. The van der Waals surface area contributed by atoms with E-state index in [1.165, 1.54) is 23.5 Å². The number of benzene rings is 3. The van der Waals surface area contributed by atoms with Gasteiger partial charge < -0.3 is 44.8 Å². The van der Waals surface area contributed by atoms with E-state index in [0.717, 1.165) is 20.1 Å². The molecule has 5 N–H and O–H groups in total. The number of aromatic nitrogens is 1. The zero-order valence-electron chi connectivity index (χ0n) is 23.9. The van der Waals surface area contributed by atoms with Gasteiger partial charge in [-0.3, -0.25) is 19.2 Å². The highest BCUT2D eigenvalue weighted by molar-refractivity contribution is 7.21. The molecule has 4 rings (SSSR count). The Morgan fingerprint density at radius 2 is 1.27 bits per heavy atom. The van der Waals surface area contributed by atoms with Crippen LogP contribution in [0.25, 0.3) is 20.8 Å². The van der Waals surface area contributed by atoms with Crippen molar-refractivity contribution in [3.63, 3.8) is 0 Å². The lowest BCUT2D eigenvalue weighted by Crippen LogP contribution is -2.35. The molecule has 0 amide bonds. The van der Waals surface area contributed by atoms with E-state index in [-0.39, 0.29) is 47.4 Å². The van der Waals surface area contributed by atoms with Crippen LogP contribution in [0.5, 0.6) is 17.2 Å². The number of hydrogen-bond donors (Lipinski definition) is 5. The molecule has 1 aromatic heterocycles. The summed E-state index contributed by atoms with van der Waals surface area (Å²) in [4.78, 5) is 52.6. The molecule has 1 heterocycles. The SMILES string of the molecule is Cc1ccc(N(CC(=O)O)CC(=O)O)c(OCCOc2cc(-c3nc4ccccc4s3)c(O)cc2N(CC(=O)O)CC(=O)O)c1. The molecule has 14 nitrogen and oxygen atoms in total. The molecular formula is C30H29N3O11S. The third kappa shape index (κ3) is 8.51. The molecule has 0 spiro atoms. The van der Waals surface area contributed by atoms with Gasteiger partial charge in [0.05, 0.1) is 27.2 Å². The fourth-order valence-corrected chi connectivity index (χ4v) is 5.48. The number of anilines is 2. The van der Waals surface area contributed by atoms with Crippen molar-refractivity contribution in [2.45, 2.75) is 6.92 Å². The maximum atomic E-state index is 11.6. The first-order valence-corrected chi connectivity index (χ1v) is 14.2. The third-order valence-corrected chi connectivity index (χ3v) is 7.37. The molecule has 3 aromatic carbocycles. The number of aliphatic carboxylic acids is 4. The smallest absolute Gasteiger partial charge is 0.323 e. The number of hydrogen-bond acceptors (Lipinski definition) is 11. The second kappa shape index (κ2) is 14.3. The molecule has 0 radical (unpaired) electrons. The Balaban J connectivity index is 1.64. The molecule has 0 saturated heterocycles. The van der Waals surface area contributed by atoms with Gasteiger partial charge in [-0.15, -0.1) is 11.3 Å². The quantitative estimate of drug-likeness (QED) is 0.111. The summed E-state index contributed by atoms with van der Waals surface area (Å²) < 4.78 is 12.7. The molecule has 0 atom stereocenters. The van der Waals surface area contributed by atoms with Crippen molar-refractivity contribution in [1.82, 2.24) is 4.98 Å². The number of carboxylic acid groups (broad SMARTS) is 4. The fourth-order valence-electron chi connectivity index (χ4n) is 4.49. The highest BCUT2D eigenvalue weighted by Gasteiger charge is 2.23. The molecule has 45 heavy (non-hydrogen) atoms. The molecule has 0 aliphatic carbocycles. The lowest BCUT2D eigenvalue weighted by molar-refractivity contribution is -0.138. The van der Waals surface area contributed by atoms with Crippen molar-refractivity contribution in [1.29, 1.82) is 0 Å². The van der Waals surface area contributed by atoms with Gasteiger partial charge in [0.15, 0.2) is 0 Å². The van der Waals surface area contributed by atoms with E-state index in [1.807, 2.05) is 24.3 Å². The maximum Gasteiger partial charge on any atom is 0.323 e. The van der Waals surface area contributed by atoms with Crippen LogP contribution in [0.15, 0.2) is 54.6 Å². The van der Waals surface area contributed by atoms with Gasteiger partial charge in [0.2, 0.25) is 0 Å². The molecule has 0 unspecified atom stereocenters. The topological polar surface area (TPSA) is 207 Å². The van der Waals surface area contributed by atoms with E-state index in [1.54, 1.807) is 25.1 Å². The second-order valence-corrected chi connectivity index (χ2v) is 10.8. The monoisotopic (exact) mass is 639 g/mol. The number of fused-ring (bicyclic) bond motifs is 1. The van der Waals surface area contributed by atoms with Gasteiger partial charge in [-0.05, 0) is 42.8 Å². The predicted octanol–water partition coefficient (Wildman–Crippen LogP) is 3.39. The van der Waals surface area contributed by atoms with Gasteiger partial charge in [0, 0.05) is 6.07 Å². The summed E-state index contributed by atoms with van der Waals surface area (Å²) in [5.74, 6) is -5.09. The largest absolute Gasteiger partial charge is 0.507 e. The van der Waals surface area contributed by atoms with Crippen LogP contribution in [-0.2, 0) is 19.2 Å². The van der Waals surface area contributed by atoms with Crippen molar-refractivity contribution in [3.05, 3.63) is 60.2 Å². The number of nitrogens with zero attached hydrogens (tertiary/aromatic N) is 3. The van der Waals surface area contributed by atoms with Crippen LogP contribution in [0.3, 0.4) is 0 Å². The molecule has 236 valence electrons. The van der Waals surface area contributed by atoms with E-state index in [4.69, 9.17) is 9.47 Å². The van der Waals surface area contributed by atoms with E-state index >= 15 is 0 Å². The number of para-hydroxylation sites is 1. The molecular weight excluding hydrogens is 610 g/mol. The van der Waals surface area contributed by atoms with Gasteiger partial charge in [0.1, 0.15) is 61.6 Å². The number of thiazole rings is 1. The highest BCUT2D eigenvalue weighted by atomic mass is 32.1. The lowest BCUT2D eigenvalue weighted by Gasteiger charge is -2.25. The number of ether oxygens (including phenoxy) is 2. The van der Waals surface area contributed by atoms with Crippen LogP contribution in [-0.4, -0.2) is 93.8 Å². The molecule has 0 bridgehead atoms. The minimum atomic E-state index is -1.31. The average molecular weight is 640 g/mol. The normalized spacial score (nSPS) is 10.8. The van der Waals surface area contributed by atoms with Crippen LogP contribution in [0.4, 0.5) is 11.4 Å². The van der Waals surface area contributed by atoms with Crippen molar-refractivity contribution >= 4 is 56.8 Å². The van der Waals surface area contributed by atoms with E-state index in [2.05, 4.69) is 4.98 Å². The van der Waals surface area contributed by atoms with Crippen LogP contribution < -0.4 is 19.3 Å².